The van der Waals surface area contributed by atoms with Gasteiger partial charge in [-0.2, -0.15) is 13.2 Å². The predicted octanol–water partition coefficient (Wildman–Crippen LogP) is 2.98. The lowest BCUT2D eigenvalue weighted by Gasteiger charge is -2.34. The van der Waals surface area contributed by atoms with Gasteiger partial charge in [0, 0.05) is 32.7 Å². The summed E-state index contributed by atoms with van der Waals surface area (Å²) >= 11 is 0. The van der Waals surface area contributed by atoms with Crippen LogP contribution >= 0.6 is 0 Å². The number of halogens is 3. The molecule has 22 heavy (non-hydrogen) atoms. The Labute approximate surface area is 127 Å². The van der Waals surface area contributed by atoms with Crippen LogP contribution in [0.15, 0.2) is 24.3 Å². The van der Waals surface area contributed by atoms with Gasteiger partial charge in [0.1, 0.15) is 0 Å². The Kier molecular flexibility index (Phi) is 5.28. The van der Waals surface area contributed by atoms with E-state index < -0.39 is 11.7 Å². The van der Waals surface area contributed by atoms with Gasteiger partial charge in [0.15, 0.2) is 0 Å². The summed E-state index contributed by atoms with van der Waals surface area (Å²) < 4.78 is 42.4. The first kappa shape index (κ1) is 16.6. The first-order chi connectivity index (χ1) is 10.4. The van der Waals surface area contributed by atoms with Crippen LogP contribution in [0.3, 0.4) is 0 Å². The largest absolute Gasteiger partial charge is 0.450 e. The number of amides is 1. The molecule has 0 saturated carbocycles. The molecule has 2 rings (SSSR count). The molecular weight excluding hydrogens is 297 g/mol. The maximum absolute atomic E-state index is 12.5. The normalized spacial score (nSPS) is 16.6. The smallest absolute Gasteiger partial charge is 0.416 e. The van der Waals surface area contributed by atoms with E-state index in [1.165, 1.54) is 12.1 Å². The lowest BCUT2D eigenvalue weighted by atomic mass is 10.1. The third-order valence-electron chi connectivity index (χ3n) is 3.59. The van der Waals surface area contributed by atoms with Gasteiger partial charge in [0.25, 0.3) is 0 Å². The highest BCUT2D eigenvalue weighted by Gasteiger charge is 2.30. The third kappa shape index (κ3) is 4.37. The fourth-order valence-electron chi connectivity index (χ4n) is 2.36. The summed E-state index contributed by atoms with van der Waals surface area (Å²) in [5, 5.41) is 0. The Balaban J connectivity index is 1.84. The zero-order chi connectivity index (χ0) is 16.2. The van der Waals surface area contributed by atoms with E-state index in [1.807, 2.05) is 0 Å². The van der Waals surface area contributed by atoms with Crippen molar-refractivity contribution in [2.75, 3.05) is 32.8 Å². The molecule has 0 bridgehead atoms. The molecule has 0 aliphatic carbocycles. The van der Waals surface area contributed by atoms with Gasteiger partial charge >= 0.3 is 12.3 Å². The summed E-state index contributed by atoms with van der Waals surface area (Å²) in [5.74, 6) is 0. The standard InChI is InChI=1S/C15H19F3N2O2/c1-2-22-14(21)20-9-7-19(8-10-20)11-12-3-5-13(6-4-12)15(16,17)18/h3-6H,2,7-11H2,1H3. The number of hydrogen-bond donors (Lipinski definition) is 0. The van der Waals surface area contributed by atoms with E-state index in [0.29, 0.717) is 39.3 Å². The maximum Gasteiger partial charge on any atom is 0.416 e. The molecule has 0 aromatic heterocycles. The summed E-state index contributed by atoms with van der Waals surface area (Å²) in [6.45, 7) is 5.19. The molecular formula is C15H19F3N2O2. The van der Waals surface area contributed by atoms with Crippen molar-refractivity contribution in [2.45, 2.75) is 19.6 Å². The van der Waals surface area contributed by atoms with Crippen LogP contribution in [0.25, 0.3) is 0 Å². The highest BCUT2D eigenvalue weighted by atomic mass is 19.4. The highest BCUT2D eigenvalue weighted by molar-refractivity contribution is 5.67. The quantitative estimate of drug-likeness (QED) is 0.859. The number of alkyl halides is 3. The second-order valence-electron chi connectivity index (χ2n) is 5.16. The van der Waals surface area contributed by atoms with Gasteiger partial charge in [0.2, 0.25) is 0 Å². The molecule has 4 nitrogen and oxygen atoms in total. The predicted molar refractivity (Wildman–Crippen MR) is 75.3 cm³/mol. The monoisotopic (exact) mass is 316 g/mol. The number of carbonyl (C=O) groups excluding carboxylic acids is 1. The van der Waals surface area contributed by atoms with Gasteiger partial charge in [-0.15, -0.1) is 0 Å². The van der Waals surface area contributed by atoms with E-state index in [9.17, 15) is 18.0 Å². The molecule has 1 fully saturated rings. The number of piperazine rings is 1. The number of carbonyl (C=O) groups is 1. The molecule has 122 valence electrons. The molecule has 1 aromatic rings. The Bertz CT molecular complexity index is 495. The van der Waals surface area contributed by atoms with E-state index in [2.05, 4.69) is 4.90 Å². The molecule has 0 atom stereocenters. The maximum atomic E-state index is 12.5. The molecule has 1 amide bonds. The number of benzene rings is 1. The number of ether oxygens (including phenoxy) is 1. The molecule has 1 heterocycles. The Morgan fingerprint density at radius 2 is 1.73 bits per heavy atom. The molecule has 0 radical (unpaired) electrons. The van der Waals surface area contributed by atoms with Gasteiger partial charge in [-0.05, 0) is 24.6 Å². The Hall–Kier alpha value is -1.76. The number of hydrogen-bond acceptors (Lipinski definition) is 3. The van der Waals surface area contributed by atoms with Crippen LogP contribution in [-0.2, 0) is 17.5 Å². The van der Waals surface area contributed by atoms with Gasteiger partial charge in [-0.25, -0.2) is 4.79 Å². The average molecular weight is 316 g/mol. The summed E-state index contributed by atoms with van der Waals surface area (Å²) in [4.78, 5) is 15.3. The second kappa shape index (κ2) is 7.00. The topological polar surface area (TPSA) is 32.8 Å². The van der Waals surface area contributed by atoms with Crippen LogP contribution in [0.4, 0.5) is 18.0 Å². The third-order valence-corrected chi connectivity index (χ3v) is 3.59. The average Bonchev–Trinajstić information content (AvgIpc) is 2.48. The zero-order valence-electron chi connectivity index (χ0n) is 12.4. The minimum atomic E-state index is -4.30. The molecule has 0 N–H and O–H groups in total. The van der Waals surface area contributed by atoms with E-state index in [1.54, 1.807) is 11.8 Å². The molecule has 7 heteroatoms. The summed E-state index contributed by atoms with van der Waals surface area (Å²) in [6.07, 6.45) is -4.61. The van der Waals surface area contributed by atoms with Crippen LogP contribution in [0.2, 0.25) is 0 Å². The van der Waals surface area contributed by atoms with Crippen LogP contribution < -0.4 is 0 Å². The van der Waals surface area contributed by atoms with Crippen LogP contribution in [0.1, 0.15) is 18.1 Å². The minimum absolute atomic E-state index is 0.309. The molecule has 0 spiro atoms. The van der Waals surface area contributed by atoms with Crippen molar-refractivity contribution in [3.63, 3.8) is 0 Å². The van der Waals surface area contributed by atoms with Gasteiger partial charge in [0.05, 0.1) is 12.2 Å². The lowest BCUT2D eigenvalue weighted by Crippen LogP contribution is -2.48. The van der Waals surface area contributed by atoms with Gasteiger partial charge in [-0.1, -0.05) is 12.1 Å². The molecule has 1 aromatic carbocycles. The summed E-state index contributed by atoms with van der Waals surface area (Å²) in [5.41, 5.74) is 0.195. The van der Waals surface area contributed by atoms with Crippen molar-refractivity contribution in [3.8, 4) is 0 Å². The first-order valence-electron chi connectivity index (χ1n) is 7.20. The van der Waals surface area contributed by atoms with Crippen molar-refractivity contribution in [1.82, 2.24) is 9.80 Å². The molecule has 0 unspecified atom stereocenters. The van der Waals surface area contributed by atoms with Crippen molar-refractivity contribution < 1.29 is 22.7 Å². The van der Waals surface area contributed by atoms with E-state index in [0.717, 1.165) is 17.7 Å². The van der Waals surface area contributed by atoms with E-state index in [4.69, 9.17) is 4.74 Å². The number of rotatable bonds is 3. The zero-order valence-corrected chi connectivity index (χ0v) is 12.4. The molecule has 1 aliphatic rings. The van der Waals surface area contributed by atoms with Crippen molar-refractivity contribution >= 4 is 6.09 Å². The fourth-order valence-corrected chi connectivity index (χ4v) is 2.36. The molecule has 1 aliphatic heterocycles. The van der Waals surface area contributed by atoms with Crippen molar-refractivity contribution in [1.29, 1.82) is 0 Å². The lowest BCUT2D eigenvalue weighted by molar-refractivity contribution is -0.137. The van der Waals surface area contributed by atoms with Crippen molar-refractivity contribution in [2.24, 2.45) is 0 Å². The first-order valence-corrected chi connectivity index (χ1v) is 7.20. The van der Waals surface area contributed by atoms with Crippen LogP contribution in [0.5, 0.6) is 0 Å². The Morgan fingerprint density at radius 1 is 1.14 bits per heavy atom. The molecule has 1 saturated heterocycles. The van der Waals surface area contributed by atoms with Gasteiger partial charge in [-0.3, -0.25) is 4.90 Å². The SMILES string of the molecule is CCOC(=O)N1CCN(Cc2ccc(C(F)(F)F)cc2)CC1. The minimum Gasteiger partial charge on any atom is -0.450 e. The second-order valence-corrected chi connectivity index (χ2v) is 5.16. The van der Waals surface area contributed by atoms with Gasteiger partial charge < -0.3 is 9.64 Å². The van der Waals surface area contributed by atoms with Crippen LogP contribution in [0, 0.1) is 0 Å². The van der Waals surface area contributed by atoms with E-state index in [-0.39, 0.29) is 6.09 Å². The van der Waals surface area contributed by atoms with Crippen LogP contribution in [-0.4, -0.2) is 48.7 Å². The van der Waals surface area contributed by atoms with E-state index >= 15 is 0 Å². The summed E-state index contributed by atoms with van der Waals surface area (Å²) in [6, 6.07) is 5.20. The van der Waals surface area contributed by atoms with Crippen molar-refractivity contribution in [3.05, 3.63) is 35.4 Å². The highest BCUT2D eigenvalue weighted by Crippen LogP contribution is 2.29. The Morgan fingerprint density at radius 3 is 2.23 bits per heavy atom. The number of nitrogens with zero attached hydrogens (tertiary/aromatic N) is 2. The summed E-state index contributed by atoms with van der Waals surface area (Å²) in [7, 11) is 0. The fraction of sp³-hybridized carbons (Fsp3) is 0.533.